The molecule has 2 rings (SSSR count). The van der Waals surface area contributed by atoms with Crippen LogP contribution in [-0.2, 0) is 13.0 Å². The topological polar surface area (TPSA) is 38.0 Å². The summed E-state index contributed by atoms with van der Waals surface area (Å²) in [6.07, 6.45) is 0.895. The minimum atomic E-state index is -0.692. The Morgan fingerprint density at radius 1 is 1.35 bits per heavy atom. The number of nitrogens with one attached hydrogen (secondary N) is 1. The first-order chi connectivity index (χ1) is 9.52. The van der Waals surface area contributed by atoms with Crippen molar-refractivity contribution in [3.8, 4) is 0 Å². The van der Waals surface area contributed by atoms with Crippen LogP contribution in [0.5, 0.6) is 0 Å². The van der Waals surface area contributed by atoms with Gasteiger partial charge in [0.2, 0.25) is 0 Å². The average molecular weight is 312 g/mol. The van der Waals surface area contributed by atoms with Crippen LogP contribution >= 0.6 is 23.6 Å². The zero-order valence-electron chi connectivity index (χ0n) is 10.9. The second-order valence-electron chi connectivity index (χ2n) is 4.26. The summed E-state index contributed by atoms with van der Waals surface area (Å²) >= 11 is 6.28. The summed E-state index contributed by atoms with van der Waals surface area (Å²) in [4.78, 5) is 1.05. The van der Waals surface area contributed by atoms with Crippen LogP contribution in [0.4, 0.5) is 14.5 Å². The Morgan fingerprint density at radius 3 is 2.55 bits per heavy atom. The Bertz CT molecular complexity index is 615. The highest BCUT2D eigenvalue weighted by molar-refractivity contribution is 7.80. The molecule has 2 nitrogen and oxygen atoms in total. The molecule has 106 valence electrons. The molecule has 2 aromatic rings. The first-order valence-electron chi connectivity index (χ1n) is 6.11. The van der Waals surface area contributed by atoms with E-state index in [0.717, 1.165) is 23.4 Å². The smallest absolute Gasteiger partial charge is 0.150 e. The SMILES string of the molecule is CCc1ccsc1CNc1c(F)cc(C(N)=S)cc1F. The summed E-state index contributed by atoms with van der Waals surface area (Å²) in [7, 11) is 0. The molecule has 0 fully saturated rings. The van der Waals surface area contributed by atoms with Gasteiger partial charge in [-0.1, -0.05) is 19.1 Å². The number of benzene rings is 1. The molecule has 0 aliphatic rings. The number of hydrogen-bond acceptors (Lipinski definition) is 3. The van der Waals surface area contributed by atoms with Gasteiger partial charge in [-0.25, -0.2) is 8.78 Å². The van der Waals surface area contributed by atoms with Crippen molar-refractivity contribution in [3.63, 3.8) is 0 Å². The van der Waals surface area contributed by atoms with Crippen molar-refractivity contribution in [2.45, 2.75) is 19.9 Å². The molecule has 0 radical (unpaired) electrons. The maximum Gasteiger partial charge on any atom is 0.150 e. The zero-order chi connectivity index (χ0) is 14.7. The molecule has 0 saturated carbocycles. The molecule has 1 aromatic heterocycles. The molecule has 0 aliphatic heterocycles. The number of anilines is 1. The van der Waals surface area contributed by atoms with E-state index in [2.05, 4.69) is 5.32 Å². The van der Waals surface area contributed by atoms with E-state index in [9.17, 15) is 8.78 Å². The minimum absolute atomic E-state index is 0.0270. The first-order valence-corrected chi connectivity index (χ1v) is 7.39. The van der Waals surface area contributed by atoms with Crippen molar-refractivity contribution in [1.82, 2.24) is 0 Å². The van der Waals surface area contributed by atoms with Gasteiger partial charge < -0.3 is 11.1 Å². The maximum absolute atomic E-state index is 13.9. The van der Waals surface area contributed by atoms with Crippen molar-refractivity contribution in [2.75, 3.05) is 5.32 Å². The van der Waals surface area contributed by atoms with Gasteiger partial charge in [0.05, 0.1) is 0 Å². The van der Waals surface area contributed by atoms with Gasteiger partial charge >= 0.3 is 0 Å². The summed E-state index contributed by atoms with van der Waals surface area (Å²) < 4.78 is 27.7. The van der Waals surface area contributed by atoms with Crippen LogP contribution in [0.25, 0.3) is 0 Å². The van der Waals surface area contributed by atoms with E-state index in [0.29, 0.717) is 6.54 Å². The van der Waals surface area contributed by atoms with Crippen LogP contribution in [0.1, 0.15) is 22.9 Å². The van der Waals surface area contributed by atoms with Gasteiger partial charge in [0.25, 0.3) is 0 Å². The molecular weight excluding hydrogens is 298 g/mol. The number of hydrogen-bond donors (Lipinski definition) is 2. The Balaban J connectivity index is 2.20. The second kappa shape index (κ2) is 6.28. The molecule has 0 bridgehead atoms. The van der Waals surface area contributed by atoms with Crippen LogP contribution < -0.4 is 11.1 Å². The van der Waals surface area contributed by atoms with Gasteiger partial charge in [-0.2, -0.15) is 0 Å². The molecule has 1 aromatic carbocycles. The molecule has 6 heteroatoms. The van der Waals surface area contributed by atoms with Crippen LogP contribution in [0, 0.1) is 11.6 Å². The van der Waals surface area contributed by atoms with Gasteiger partial charge in [0, 0.05) is 17.0 Å². The van der Waals surface area contributed by atoms with E-state index in [1.165, 1.54) is 5.56 Å². The van der Waals surface area contributed by atoms with E-state index in [4.69, 9.17) is 18.0 Å². The number of thiocarbonyl (C=S) groups is 1. The third-order valence-electron chi connectivity index (χ3n) is 2.97. The first kappa shape index (κ1) is 14.9. The number of aryl methyl sites for hydroxylation is 1. The number of nitrogens with two attached hydrogens (primary N) is 1. The highest BCUT2D eigenvalue weighted by Crippen LogP contribution is 2.24. The van der Waals surface area contributed by atoms with Crippen molar-refractivity contribution < 1.29 is 8.78 Å². The quantitative estimate of drug-likeness (QED) is 0.824. The normalized spacial score (nSPS) is 10.6. The fraction of sp³-hybridized carbons (Fsp3) is 0.214. The Hall–Kier alpha value is -1.53. The van der Waals surface area contributed by atoms with Gasteiger partial charge in [0.1, 0.15) is 22.3 Å². The van der Waals surface area contributed by atoms with Crippen molar-refractivity contribution in [1.29, 1.82) is 0 Å². The molecule has 0 amide bonds. The number of halogens is 2. The Morgan fingerprint density at radius 2 is 2.00 bits per heavy atom. The van der Waals surface area contributed by atoms with E-state index in [1.807, 2.05) is 18.4 Å². The predicted octanol–water partition coefficient (Wildman–Crippen LogP) is 3.84. The van der Waals surface area contributed by atoms with Crippen LogP contribution in [0.2, 0.25) is 0 Å². The third kappa shape index (κ3) is 3.13. The predicted molar refractivity (Wildman–Crippen MR) is 83.3 cm³/mol. The Labute approximate surface area is 125 Å². The van der Waals surface area contributed by atoms with Crippen molar-refractivity contribution in [3.05, 3.63) is 51.2 Å². The standard InChI is InChI=1S/C14H14F2N2S2/c1-2-8-3-4-20-12(8)7-18-13-10(15)5-9(14(17)19)6-11(13)16/h3-6,18H,2,7H2,1H3,(H2,17,19). The van der Waals surface area contributed by atoms with Crippen LogP contribution in [0.3, 0.4) is 0 Å². The minimum Gasteiger partial charge on any atom is -0.389 e. The van der Waals surface area contributed by atoms with Gasteiger partial charge in [-0.15, -0.1) is 11.3 Å². The lowest BCUT2D eigenvalue weighted by Crippen LogP contribution is -2.12. The van der Waals surface area contributed by atoms with Gasteiger partial charge in [0.15, 0.2) is 0 Å². The van der Waals surface area contributed by atoms with Gasteiger partial charge in [-0.05, 0) is 35.6 Å². The fourth-order valence-corrected chi connectivity index (χ4v) is 2.92. The van der Waals surface area contributed by atoms with E-state index in [1.54, 1.807) is 11.3 Å². The zero-order valence-corrected chi connectivity index (χ0v) is 12.5. The second-order valence-corrected chi connectivity index (χ2v) is 5.70. The lowest BCUT2D eigenvalue weighted by atomic mass is 10.1. The molecule has 0 atom stereocenters. The summed E-state index contributed by atoms with van der Waals surface area (Å²) in [5.41, 5.74) is 6.59. The third-order valence-corrected chi connectivity index (χ3v) is 4.17. The Kier molecular flexibility index (Phi) is 4.67. The summed E-state index contributed by atoms with van der Waals surface area (Å²) in [6, 6.07) is 4.30. The van der Waals surface area contributed by atoms with Crippen molar-refractivity contribution in [2.24, 2.45) is 5.73 Å². The average Bonchev–Trinajstić information content (AvgIpc) is 2.84. The molecule has 20 heavy (non-hydrogen) atoms. The highest BCUT2D eigenvalue weighted by atomic mass is 32.1. The monoisotopic (exact) mass is 312 g/mol. The van der Waals surface area contributed by atoms with E-state index < -0.39 is 11.6 Å². The van der Waals surface area contributed by atoms with Gasteiger partial charge in [-0.3, -0.25) is 0 Å². The van der Waals surface area contributed by atoms with E-state index in [-0.39, 0.29) is 16.2 Å². The summed E-state index contributed by atoms with van der Waals surface area (Å²) in [5.74, 6) is -1.38. The van der Waals surface area contributed by atoms with Crippen molar-refractivity contribution >= 4 is 34.2 Å². The molecule has 0 saturated heterocycles. The fourth-order valence-electron chi connectivity index (χ4n) is 1.89. The van der Waals surface area contributed by atoms with Crippen LogP contribution in [-0.4, -0.2) is 4.99 Å². The summed E-state index contributed by atoms with van der Waals surface area (Å²) in [6.45, 7) is 2.44. The molecular formula is C14H14F2N2S2. The molecule has 1 heterocycles. The lowest BCUT2D eigenvalue weighted by molar-refractivity contribution is 0.587. The summed E-state index contributed by atoms with van der Waals surface area (Å²) in [5, 5.41) is 4.77. The molecule has 0 aliphatic carbocycles. The molecule has 3 N–H and O–H groups in total. The molecule has 0 spiro atoms. The number of rotatable bonds is 5. The maximum atomic E-state index is 13.9. The lowest BCUT2D eigenvalue weighted by Gasteiger charge is -2.10. The highest BCUT2D eigenvalue weighted by Gasteiger charge is 2.13. The van der Waals surface area contributed by atoms with E-state index >= 15 is 0 Å². The van der Waals surface area contributed by atoms with Crippen LogP contribution in [0.15, 0.2) is 23.6 Å². The largest absolute Gasteiger partial charge is 0.389 e. The number of thiophene rings is 1. The molecule has 0 unspecified atom stereocenters.